The second-order valence-corrected chi connectivity index (χ2v) is 5.13. The zero-order valence-electron chi connectivity index (χ0n) is 10.7. The predicted octanol–water partition coefficient (Wildman–Crippen LogP) is 2.27. The van der Waals surface area contributed by atoms with E-state index in [2.05, 4.69) is 15.5 Å². The van der Waals surface area contributed by atoms with Crippen LogP contribution in [-0.2, 0) is 6.54 Å². The highest BCUT2D eigenvalue weighted by molar-refractivity contribution is 7.99. The Hall–Kier alpha value is -2.18. The maximum absolute atomic E-state index is 5.76. The van der Waals surface area contributed by atoms with Gasteiger partial charge in [0.05, 0.1) is 5.69 Å². The molecule has 0 unspecified atom stereocenters. The summed E-state index contributed by atoms with van der Waals surface area (Å²) in [5, 5.41) is 12.6. The van der Waals surface area contributed by atoms with Crippen LogP contribution in [0.5, 0.6) is 0 Å². The third-order valence-corrected chi connectivity index (χ3v) is 3.89. The molecule has 0 aliphatic carbocycles. The van der Waals surface area contributed by atoms with Crippen LogP contribution in [0.25, 0.3) is 5.69 Å². The summed E-state index contributed by atoms with van der Waals surface area (Å²) >= 11 is 1.51. The molecule has 20 heavy (non-hydrogen) atoms. The van der Waals surface area contributed by atoms with Crippen LogP contribution in [0.4, 0.5) is 0 Å². The highest BCUT2D eigenvalue weighted by Crippen LogP contribution is 2.29. The molecule has 0 aliphatic rings. The van der Waals surface area contributed by atoms with Gasteiger partial charge in [-0.15, -0.1) is 5.10 Å². The van der Waals surface area contributed by atoms with Crippen molar-refractivity contribution in [2.75, 3.05) is 0 Å². The lowest BCUT2D eigenvalue weighted by molar-refractivity contribution is 0.756. The average Bonchev–Trinajstić information content (AvgIpc) is 2.97. The third kappa shape index (κ3) is 2.56. The maximum Gasteiger partial charge on any atom is 0.218 e. The molecule has 0 fully saturated rings. The van der Waals surface area contributed by atoms with Gasteiger partial charge >= 0.3 is 0 Å². The van der Waals surface area contributed by atoms with Crippen molar-refractivity contribution in [1.29, 1.82) is 0 Å². The SMILES string of the molecule is NCc1ccccc1Sc1nnnn1-c1ccccc1. The molecule has 0 radical (unpaired) electrons. The molecule has 0 spiro atoms. The van der Waals surface area contributed by atoms with E-state index in [9.17, 15) is 0 Å². The lowest BCUT2D eigenvalue weighted by atomic mass is 10.2. The van der Waals surface area contributed by atoms with E-state index in [4.69, 9.17) is 5.73 Å². The Labute approximate surface area is 120 Å². The summed E-state index contributed by atoms with van der Waals surface area (Å²) in [7, 11) is 0. The van der Waals surface area contributed by atoms with Crippen molar-refractivity contribution in [3.05, 3.63) is 60.2 Å². The number of nitrogens with two attached hydrogens (primary N) is 1. The topological polar surface area (TPSA) is 69.6 Å². The Morgan fingerprint density at radius 2 is 1.75 bits per heavy atom. The molecular formula is C14H13N5S. The first-order valence-electron chi connectivity index (χ1n) is 6.18. The van der Waals surface area contributed by atoms with Gasteiger partial charge in [-0.3, -0.25) is 0 Å². The van der Waals surface area contributed by atoms with Crippen LogP contribution in [0.1, 0.15) is 5.56 Å². The van der Waals surface area contributed by atoms with E-state index in [1.165, 1.54) is 11.8 Å². The minimum Gasteiger partial charge on any atom is -0.326 e. The fourth-order valence-electron chi connectivity index (χ4n) is 1.84. The van der Waals surface area contributed by atoms with Crippen molar-refractivity contribution in [1.82, 2.24) is 20.2 Å². The number of hydrogen-bond donors (Lipinski definition) is 1. The van der Waals surface area contributed by atoms with Gasteiger partial charge in [0.15, 0.2) is 0 Å². The first-order chi connectivity index (χ1) is 9.88. The molecule has 2 aromatic carbocycles. The summed E-state index contributed by atoms with van der Waals surface area (Å²) < 4.78 is 1.72. The van der Waals surface area contributed by atoms with E-state index < -0.39 is 0 Å². The van der Waals surface area contributed by atoms with Crippen molar-refractivity contribution in [3.8, 4) is 5.69 Å². The number of benzene rings is 2. The zero-order chi connectivity index (χ0) is 13.8. The van der Waals surface area contributed by atoms with Gasteiger partial charge in [0, 0.05) is 11.4 Å². The first kappa shape index (κ1) is 12.8. The average molecular weight is 283 g/mol. The van der Waals surface area contributed by atoms with Crippen LogP contribution in [-0.4, -0.2) is 20.2 Å². The minimum atomic E-state index is 0.496. The minimum absolute atomic E-state index is 0.496. The molecule has 1 heterocycles. The van der Waals surface area contributed by atoms with E-state index in [0.29, 0.717) is 6.54 Å². The van der Waals surface area contributed by atoms with Crippen LogP contribution in [0.15, 0.2) is 64.6 Å². The number of aromatic nitrogens is 4. The third-order valence-electron chi connectivity index (χ3n) is 2.84. The van der Waals surface area contributed by atoms with E-state index in [0.717, 1.165) is 21.3 Å². The molecule has 2 N–H and O–H groups in total. The van der Waals surface area contributed by atoms with Gasteiger partial charge in [-0.1, -0.05) is 36.4 Å². The van der Waals surface area contributed by atoms with Crippen molar-refractivity contribution in [2.24, 2.45) is 5.73 Å². The predicted molar refractivity (Wildman–Crippen MR) is 77.6 cm³/mol. The van der Waals surface area contributed by atoms with E-state index in [1.54, 1.807) is 4.68 Å². The molecule has 3 rings (SSSR count). The normalized spacial score (nSPS) is 10.7. The monoisotopic (exact) mass is 283 g/mol. The number of tetrazole rings is 1. The Morgan fingerprint density at radius 1 is 1.00 bits per heavy atom. The summed E-state index contributed by atoms with van der Waals surface area (Å²) in [6.45, 7) is 0.496. The molecule has 6 heteroatoms. The Kier molecular flexibility index (Phi) is 3.76. The van der Waals surface area contributed by atoms with Crippen molar-refractivity contribution >= 4 is 11.8 Å². The standard InChI is InChI=1S/C14H13N5S/c15-10-11-6-4-5-9-13(11)20-14-16-17-18-19(14)12-7-2-1-3-8-12/h1-9H,10,15H2. The maximum atomic E-state index is 5.76. The van der Waals surface area contributed by atoms with E-state index >= 15 is 0 Å². The van der Waals surface area contributed by atoms with Gasteiger partial charge in [-0.05, 0) is 46.0 Å². The lowest BCUT2D eigenvalue weighted by Crippen LogP contribution is -2.00. The van der Waals surface area contributed by atoms with Gasteiger partial charge in [0.1, 0.15) is 0 Å². The number of hydrogen-bond acceptors (Lipinski definition) is 5. The van der Waals surface area contributed by atoms with Crippen molar-refractivity contribution in [3.63, 3.8) is 0 Å². The van der Waals surface area contributed by atoms with Gasteiger partial charge in [0.2, 0.25) is 5.16 Å². The molecule has 0 amide bonds. The lowest BCUT2D eigenvalue weighted by Gasteiger charge is -2.07. The van der Waals surface area contributed by atoms with E-state index in [-0.39, 0.29) is 0 Å². The molecule has 5 nitrogen and oxygen atoms in total. The first-order valence-corrected chi connectivity index (χ1v) is 7.00. The molecule has 100 valence electrons. The summed E-state index contributed by atoms with van der Waals surface area (Å²) in [6, 6.07) is 17.8. The highest BCUT2D eigenvalue weighted by atomic mass is 32.2. The molecule has 0 aliphatic heterocycles. The number of nitrogens with zero attached hydrogens (tertiary/aromatic N) is 4. The molecule has 1 aromatic heterocycles. The van der Waals surface area contributed by atoms with Crippen molar-refractivity contribution in [2.45, 2.75) is 16.6 Å². The number of rotatable bonds is 4. The molecular weight excluding hydrogens is 270 g/mol. The van der Waals surface area contributed by atoms with Gasteiger partial charge < -0.3 is 5.73 Å². The van der Waals surface area contributed by atoms with Crippen LogP contribution >= 0.6 is 11.8 Å². The van der Waals surface area contributed by atoms with Gasteiger partial charge in [-0.2, -0.15) is 4.68 Å². The van der Waals surface area contributed by atoms with Crippen LogP contribution < -0.4 is 5.73 Å². The van der Waals surface area contributed by atoms with Crippen LogP contribution in [0.3, 0.4) is 0 Å². The Morgan fingerprint density at radius 3 is 2.55 bits per heavy atom. The summed E-state index contributed by atoms with van der Waals surface area (Å²) in [4.78, 5) is 1.07. The van der Waals surface area contributed by atoms with E-state index in [1.807, 2.05) is 54.6 Å². The quantitative estimate of drug-likeness (QED) is 0.795. The second kappa shape index (κ2) is 5.85. The molecule has 0 saturated heterocycles. The van der Waals surface area contributed by atoms with Gasteiger partial charge in [-0.25, -0.2) is 0 Å². The summed E-state index contributed by atoms with van der Waals surface area (Å²) in [5.41, 5.74) is 7.78. The Bertz CT molecular complexity index is 696. The Balaban J connectivity index is 1.95. The smallest absolute Gasteiger partial charge is 0.218 e. The number of para-hydroxylation sites is 1. The van der Waals surface area contributed by atoms with Crippen LogP contribution in [0.2, 0.25) is 0 Å². The molecule has 0 saturated carbocycles. The zero-order valence-corrected chi connectivity index (χ0v) is 11.5. The molecule has 0 bridgehead atoms. The summed E-state index contributed by atoms with van der Waals surface area (Å²) in [5.74, 6) is 0. The highest BCUT2D eigenvalue weighted by Gasteiger charge is 2.11. The summed E-state index contributed by atoms with van der Waals surface area (Å²) in [6.07, 6.45) is 0. The van der Waals surface area contributed by atoms with Gasteiger partial charge in [0.25, 0.3) is 0 Å². The van der Waals surface area contributed by atoms with Crippen LogP contribution in [0, 0.1) is 0 Å². The fraction of sp³-hybridized carbons (Fsp3) is 0.0714. The fourth-order valence-corrected chi connectivity index (χ4v) is 2.78. The second-order valence-electron chi connectivity index (χ2n) is 4.12. The largest absolute Gasteiger partial charge is 0.326 e. The molecule has 3 aromatic rings. The van der Waals surface area contributed by atoms with Crippen molar-refractivity contribution < 1.29 is 0 Å². The molecule has 0 atom stereocenters.